The molecule has 148 valence electrons. The molecule has 1 aliphatic heterocycles. The van der Waals surface area contributed by atoms with E-state index in [0.717, 1.165) is 16.8 Å². The van der Waals surface area contributed by atoms with Crippen LogP contribution < -0.4 is 10.6 Å². The van der Waals surface area contributed by atoms with Crippen LogP contribution in [0, 0.1) is 0 Å². The van der Waals surface area contributed by atoms with Crippen LogP contribution in [0.2, 0.25) is 0 Å². The number of ether oxygens (including phenoxy) is 2. The summed E-state index contributed by atoms with van der Waals surface area (Å²) in [6, 6.07) is 11.7. The average Bonchev–Trinajstić information content (AvgIpc) is 2.66. The molecular formula is C21H25N3O3S. The van der Waals surface area contributed by atoms with Crippen molar-refractivity contribution in [3.05, 3.63) is 58.8 Å². The Hall–Kier alpha value is -2.51. The first-order valence-corrected chi connectivity index (χ1v) is 9.71. The lowest BCUT2D eigenvalue weighted by Gasteiger charge is -2.31. The van der Waals surface area contributed by atoms with Gasteiger partial charge >= 0.3 is 5.97 Å². The van der Waals surface area contributed by atoms with Crippen molar-refractivity contribution >= 4 is 29.1 Å². The van der Waals surface area contributed by atoms with Gasteiger partial charge in [-0.1, -0.05) is 30.3 Å². The Kier molecular flexibility index (Phi) is 6.26. The van der Waals surface area contributed by atoms with Crippen molar-refractivity contribution in [2.24, 2.45) is 0 Å². The number of carbonyl (C=O) groups is 1. The van der Waals surface area contributed by atoms with Gasteiger partial charge in [-0.25, -0.2) is 9.78 Å². The van der Waals surface area contributed by atoms with Crippen LogP contribution in [0.4, 0.5) is 5.82 Å². The summed E-state index contributed by atoms with van der Waals surface area (Å²) < 4.78 is 11.0. The molecule has 1 aliphatic rings. The Bertz CT molecular complexity index is 869. The third kappa shape index (κ3) is 5.05. The molecule has 0 atom stereocenters. The fourth-order valence-corrected chi connectivity index (χ4v) is 3.16. The molecule has 0 aliphatic carbocycles. The van der Waals surface area contributed by atoms with E-state index in [2.05, 4.69) is 15.6 Å². The summed E-state index contributed by atoms with van der Waals surface area (Å²) >= 11 is 5.41. The highest BCUT2D eigenvalue weighted by Gasteiger charge is 2.29. The zero-order chi connectivity index (χ0) is 20.1. The summed E-state index contributed by atoms with van der Waals surface area (Å²) in [6.45, 7) is 7.10. The Morgan fingerprint density at radius 3 is 2.79 bits per heavy atom. The first kappa shape index (κ1) is 20.2. The molecule has 0 bridgehead atoms. The SMILES string of the molecule is CCOC(=O)c1cc2c(nc1NC(=S)NCc1ccccc1)CC(C)(C)OC2. The molecule has 0 radical (unpaired) electrons. The monoisotopic (exact) mass is 399 g/mol. The Labute approximate surface area is 170 Å². The van der Waals surface area contributed by atoms with E-state index in [1.807, 2.05) is 44.2 Å². The molecule has 2 aromatic rings. The van der Waals surface area contributed by atoms with Gasteiger partial charge in [0, 0.05) is 18.5 Å². The first-order chi connectivity index (χ1) is 13.4. The van der Waals surface area contributed by atoms with Gasteiger partial charge in [0.2, 0.25) is 0 Å². The van der Waals surface area contributed by atoms with Crippen LogP contribution in [0.1, 0.15) is 48.0 Å². The smallest absolute Gasteiger partial charge is 0.341 e. The van der Waals surface area contributed by atoms with Crippen molar-refractivity contribution in [1.29, 1.82) is 0 Å². The van der Waals surface area contributed by atoms with E-state index >= 15 is 0 Å². The number of hydrogen-bond donors (Lipinski definition) is 2. The Morgan fingerprint density at radius 2 is 2.07 bits per heavy atom. The highest BCUT2D eigenvalue weighted by molar-refractivity contribution is 7.80. The number of nitrogens with one attached hydrogen (secondary N) is 2. The number of pyridine rings is 1. The number of nitrogens with zero attached hydrogens (tertiary/aromatic N) is 1. The number of esters is 1. The molecule has 1 aromatic heterocycles. The van der Waals surface area contributed by atoms with Gasteiger partial charge in [0.15, 0.2) is 5.11 Å². The van der Waals surface area contributed by atoms with Gasteiger partial charge in [-0.05, 0) is 44.6 Å². The van der Waals surface area contributed by atoms with Crippen molar-refractivity contribution in [2.75, 3.05) is 11.9 Å². The molecule has 0 amide bonds. The van der Waals surface area contributed by atoms with E-state index in [9.17, 15) is 4.79 Å². The maximum Gasteiger partial charge on any atom is 0.341 e. The molecule has 0 saturated carbocycles. The van der Waals surface area contributed by atoms with E-state index < -0.39 is 5.97 Å². The summed E-state index contributed by atoms with van der Waals surface area (Å²) in [5, 5.41) is 6.61. The minimum absolute atomic E-state index is 0.287. The molecule has 28 heavy (non-hydrogen) atoms. The number of fused-ring (bicyclic) bond motifs is 1. The van der Waals surface area contributed by atoms with E-state index in [4.69, 9.17) is 21.7 Å². The van der Waals surface area contributed by atoms with Crippen LogP contribution in [0.3, 0.4) is 0 Å². The molecule has 3 rings (SSSR count). The number of hydrogen-bond acceptors (Lipinski definition) is 5. The number of carbonyl (C=O) groups excluding carboxylic acids is 1. The minimum Gasteiger partial charge on any atom is -0.462 e. The normalized spacial score (nSPS) is 14.7. The predicted octanol–water partition coefficient (Wildman–Crippen LogP) is 3.60. The topological polar surface area (TPSA) is 72.5 Å². The number of anilines is 1. The maximum absolute atomic E-state index is 12.4. The highest BCUT2D eigenvalue weighted by Crippen LogP contribution is 2.29. The average molecular weight is 400 g/mol. The summed E-state index contributed by atoms with van der Waals surface area (Å²) in [6.07, 6.45) is 0.657. The van der Waals surface area contributed by atoms with Crippen LogP contribution in [0.5, 0.6) is 0 Å². The van der Waals surface area contributed by atoms with Gasteiger partial charge < -0.3 is 20.1 Å². The van der Waals surface area contributed by atoms with Gasteiger partial charge in [0.05, 0.1) is 24.5 Å². The summed E-state index contributed by atoms with van der Waals surface area (Å²) in [5.74, 6) is -0.0311. The lowest BCUT2D eigenvalue weighted by Crippen LogP contribution is -2.34. The van der Waals surface area contributed by atoms with Gasteiger partial charge in [0.25, 0.3) is 0 Å². The molecular weight excluding hydrogens is 374 g/mol. The zero-order valence-corrected chi connectivity index (χ0v) is 17.2. The Balaban J connectivity index is 1.81. The number of aromatic nitrogens is 1. The second-order valence-corrected chi connectivity index (χ2v) is 7.64. The molecule has 0 spiro atoms. The standard InChI is InChI=1S/C21H25N3O3S/c1-4-26-19(25)16-10-15-13-27-21(2,3)11-17(15)23-18(16)24-20(28)22-12-14-8-6-5-7-9-14/h5-10H,4,11-13H2,1-3H3,(H2,22,23,24,28). The number of rotatable bonds is 5. The van der Waals surface area contributed by atoms with Gasteiger partial charge in [0.1, 0.15) is 11.4 Å². The summed E-state index contributed by atoms with van der Waals surface area (Å²) in [5.41, 5.74) is 2.96. The van der Waals surface area contributed by atoms with Crippen molar-refractivity contribution in [3.63, 3.8) is 0 Å². The lowest BCUT2D eigenvalue weighted by atomic mass is 9.95. The molecule has 2 N–H and O–H groups in total. The molecule has 6 nitrogen and oxygen atoms in total. The molecule has 2 heterocycles. The fourth-order valence-electron chi connectivity index (χ4n) is 2.99. The Morgan fingerprint density at radius 1 is 1.32 bits per heavy atom. The van der Waals surface area contributed by atoms with Gasteiger partial charge in [-0.15, -0.1) is 0 Å². The van der Waals surface area contributed by atoms with Crippen molar-refractivity contribution in [3.8, 4) is 0 Å². The number of thiocarbonyl (C=S) groups is 1. The van der Waals surface area contributed by atoms with Crippen molar-refractivity contribution in [2.45, 2.75) is 45.9 Å². The van der Waals surface area contributed by atoms with E-state index in [-0.39, 0.29) is 12.2 Å². The second kappa shape index (κ2) is 8.67. The van der Waals surface area contributed by atoms with Crippen LogP contribution in [0.25, 0.3) is 0 Å². The van der Waals surface area contributed by atoms with Gasteiger partial charge in [-0.2, -0.15) is 0 Å². The second-order valence-electron chi connectivity index (χ2n) is 7.23. The maximum atomic E-state index is 12.4. The lowest BCUT2D eigenvalue weighted by molar-refractivity contribution is -0.0412. The first-order valence-electron chi connectivity index (χ1n) is 9.30. The zero-order valence-electron chi connectivity index (χ0n) is 16.4. The number of benzene rings is 1. The van der Waals surface area contributed by atoms with E-state index in [1.165, 1.54) is 0 Å². The van der Waals surface area contributed by atoms with Crippen molar-refractivity contribution in [1.82, 2.24) is 10.3 Å². The summed E-state index contributed by atoms with van der Waals surface area (Å²) in [7, 11) is 0. The fraction of sp³-hybridized carbons (Fsp3) is 0.381. The third-order valence-corrected chi connectivity index (χ3v) is 4.67. The third-order valence-electron chi connectivity index (χ3n) is 4.43. The van der Waals surface area contributed by atoms with Crippen molar-refractivity contribution < 1.29 is 14.3 Å². The largest absolute Gasteiger partial charge is 0.462 e. The van der Waals surface area contributed by atoms with E-state index in [1.54, 1.807) is 13.0 Å². The van der Waals surface area contributed by atoms with Crippen LogP contribution in [-0.2, 0) is 29.0 Å². The predicted molar refractivity (Wildman–Crippen MR) is 112 cm³/mol. The molecule has 1 aromatic carbocycles. The van der Waals surface area contributed by atoms with Crippen LogP contribution in [-0.4, -0.2) is 28.3 Å². The quantitative estimate of drug-likeness (QED) is 0.588. The molecule has 0 saturated heterocycles. The molecule has 0 fully saturated rings. The summed E-state index contributed by atoms with van der Waals surface area (Å²) in [4.78, 5) is 17.1. The highest BCUT2D eigenvalue weighted by atomic mass is 32.1. The van der Waals surface area contributed by atoms with Crippen LogP contribution in [0.15, 0.2) is 36.4 Å². The van der Waals surface area contributed by atoms with Gasteiger partial charge in [-0.3, -0.25) is 0 Å². The molecule has 0 unspecified atom stereocenters. The van der Waals surface area contributed by atoms with E-state index in [0.29, 0.717) is 36.1 Å². The molecule has 7 heteroatoms. The minimum atomic E-state index is -0.434. The van der Waals surface area contributed by atoms with Crippen LogP contribution >= 0.6 is 12.2 Å².